The van der Waals surface area contributed by atoms with Crippen molar-refractivity contribution in [2.45, 2.75) is 38.7 Å². The monoisotopic (exact) mass is 510 g/mol. The van der Waals surface area contributed by atoms with Crippen molar-refractivity contribution in [3.05, 3.63) is 84.2 Å². The van der Waals surface area contributed by atoms with E-state index in [-0.39, 0.29) is 12.0 Å². The number of methoxy groups -OCH3 is 1. The first-order valence-corrected chi connectivity index (χ1v) is 12.6. The molecule has 5 rings (SSSR count). The number of amides is 1. The normalized spacial score (nSPS) is 13.1. The van der Waals surface area contributed by atoms with Gasteiger partial charge < -0.3 is 25.4 Å². The van der Waals surface area contributed by atoms with Crippen LogP contribution in [0.5, 0.6) is 11.6 Å². The predicted octanol–water partition coefficient (Wildman–Crippen LogP) is 6.25. The van der Waals surface area contributed by atoms with E-state index in [9.17, 15) is 4.79 Å². The van der Waals surface area contributed by atoms with Crippen LogP contribution in [0.4, 0.5) is 28.8 Å². The van der Waals surface area contributed by atoms with Gasteiger partial charge in [-0.3, -0.25) is 4.79 Å². The first-order valence-electron chi connectivity index (χ1n) is 12.6. The Bertz CT molecular complexity index is 1370. The largest absolute Gasteiger partial charge is 0.497 e. The van der Waals surface area contributed by atoms with Crippen LogP contribution < -0.4 is 25.4 Å². The highest BCUT2D eigenvalue weighted by Crippen LogP contribution is 2.24. The lowest BCUT2D eigenvalue weighted by molar-refractivity contribution is 0.102. The van der Waals surface area contributed by atoms with Crippen molar-refractivity contribution in [2.24, 2.45) is 0 Å². The number of aryl methyl sites for hydroxylation is 1. The van der Waals surface area contributed by atoms with Crippen molar-refractivity contribution in [1.82, 2.24) is 15.0 Å². The Labute approximate surface area is 221 Å². The number of anilines is 5. The number of aromatic nitrogens is 3. The van der Waals surface area contributed by atoms with E-state index in [1.807, 2.05) is 61.5 Å². The fourth-order valence-electron chi connectivity index (χ4n) is 4.24. The third-order valence-corrected chi connectivity index (χ3v) is 6.20. The molecule has 0 saturated heterocycles. The number of carbonyl (C=O) groups excluding carboxylic acids is 1. The van der Waals surface area contributed by atoms with Gasteiger partial charge in [-0.25, -0.2) is 9.97 Å². The molecular formula is C29H30N6O3. The van der Waals surface area contributed by atoms with E-state index in [0.717, 1.165) is 35.7 Å². The molecule has 2 heterocycles. The van der Waals surface area contributed by atoms with E-state index in [0.29, 0.717) is 28.9 Å². The van der Waals surface area contributed by atoms with Gasteiger partial charge in [0.1, 0.15) is 17.7 Å². The molecule has 1 aliphatic rings. The first kappa shape index (κ1) is 25.0. The van der Waals surface area contributed by atoms with E-state index < -0.39 is 0 Å². The van der Waals surface area contributed by atoms with Gasteiger partial charge >= 0.3 is 0 Å². The highest BCUT2D eigenvalue weighted by atomic mass is 16.5. The molecule has 1 fully saturated rings. The summed E-state index contributed by atoms with van der Waals surface area (Å²) in [5.41, 5.74) is 3.63. The van der Waals surface area contributed by atoms with E-state index >= 15 is 0 Å². The molecule has 9 heteroatoms. The molecule has 2 aromatic carbocycles. The first-order chi connectivity index (χ1) is 18.5. The minimum atomic E-state index is -0.234. The van der Waals surface area contributed by atoms with Gasteiger partial charge in [-0.2, -0.15) is 4.98 Å². The van der Waals surface area contributed by atoms with Crippen molar-refractivity contribution in [3.8, 4) is 11.6 Å². The molecule has 194 valence electrons. The standard InChI is InChI=1S/C29H30N6O3/c1-19-17-26(32-21-12-14-24(37-2)15-13-21)35-29(31-19)34-23-10-8-22(9-11-23)33-28(36)20-7-16-27(30-18-20)38-25-5-3-4-6-25/h7-18,25H,3-6H2,1-2H3,(H,33,36)(H2,31,32,34,35). The number of benzene rings is 2. The molecule has 0 atom stereocenters. The predicted molar refractivity (Wildman–Crippen MR) is 148 cm³/mol. The molecule has 0 spiro atoms. The Hall–Kier alpha value is -4.66. The summed E-state index contributed by atoms with van der Waals surface area (Å²) >= 11 is 0. The van der Waals surface area contributed by atoms with Gasteiger partial charge in [-0.05, 0) is 87.2 Å². The smallest absolute Gasteiger partial charge is 0.257 e. The van der Waals surface area contributed by atoms with Crippen molar-refractivity contribution < 1.29 is 14.3 Å². The van der Waals surface area contributed by atoms with Crippen LogP contribution in [0.2, 0.25) is 0 Å². The van der Waals surface area contributed by atoms with Gasteiger partial charge in [0.25, 0.3) is 5.91 Å². The Morgan fingerprint density at radius 2 is 1.55 bits per heavy atom. The van der Waals surface area contributed by atoms with Crippen LogP contribution in [0, 0.1) is 6.92 Å². The summed E-state index contributed by atoms with van der Waals surface area (Å²) in [4.78, 5) is 26.0. The van der Waals surface area contributed by atoms with E-state index in [4.69, 9.17) is 9.47 Å². The maximum atomic E-state index is 12.7. The van der Waals surface area contributed by atoms with Gasteiger partial charge in [0, 0.05) is 41.1 Å². The third kappa shape index (κ3) is 6.56. The van der Waals surface area contributed by atoms with Crippen molar-refractivity contribution in [1.29, 1.82) is 0 Å². The molecule has 0 radical (unpaired) electrons. The van der Waals surface area contributed by atoms with Crippen molar-refractivity contribution >= 4 is 34.7 Å². The van der Waals surface area contributed by atoms with Crippen molar-refractivity contribution in [3.63, 3.8) is 0 Å². The average Bonchev–Trinajstić information content (AvgIpc) is 3.43. The quantitative estimate of drug-likeness (QED) is 0.242. The fourth-order valence-corrected chi connectivity index (χ4v) is 4.24. The summed E-state index contributed by atoms with van der Waals surface area (Å²) in [6.45, 7) is 1.91. The number of rotatable bonds is 9. The van der Waals surface area contributed by atoms with Crippen LogP contribution in [0.1, 0.15) is 41.7 Å². The van der Waals surface area contributed by atoms with Crippen LogP contribution in [-0.4, -0.2) is 34.1 Å². The van der Waals surface area contributed by atoms with E-state index in [2.05, 4.69) is 30.9 Å². The zero-order valence-corrected chi connectivity index (χ0v) is 21.4. The summed E-state index contributed by atoms with van der Waals surface area (Å²) in [6.07, 6.45) is 6.29. The Morgan fingerprint density at radius 1 is 0.868 bits per heavy atom. The number of nitrogens with one attached hydrogen (secondary N) is 3. The van der Waals surface area contributed by atoms with E-state index in [1.54, 1.807) is 25.4 Å². The Balaban J connectivity index is 1.18. The highest BCUT2D eigenvalue weighted by molar-refractivity contribution is 6.04. The number of ether oxygens (including phenoxy) is 2. The zero-order chi connectivity index (χ0) is 26.3. The van der Waals surface area contributed by atoms with Gasteiger partial charge in [-0.1, -0.05) is 0 Å². The molecule has 38 heavy (non-hydrogen) atoms. The maximum absolute atomic E-state index is 12.7. The molecule has 1 aliphatic carbocycles. The average molecular weight is 511 g/mol. The lowest BCUT2D eigenvalue weighted by Crippen LogP contribution is -2.14. The van der Waals surface area contributed by atoms with Crippen LogP contribution >= 0.6 is 0 Å². The lowest BCUT2D eigenvalue weighted by atomic mass is 10.2. The number of hydrogen-bond donors (Lipinski definition) is 3. The molecular weight excluding hydrogens is 480 g/mol. The van der Waals surface area contributed by atoms with Gasteiger partial charge in [-0.15, -0.1) is 0 Å². The van der Waals surface area contributed by atoms with Crippen molar-refractivity contribution in [2.75, 3.05) is 23.1 Å². The summed E-state index contributed by atoms with van der Waals surface area (Å²) in [6, 6.07) is 20.3. The third-order valence-electron chi connectivity index (χ3n) is 6.20. The lowest BCUT2D eigenvalue weighted by Gasteiger charge is -2.12. The number of carbonyl (C=O) groups is 1. The summed E-state index contributed by atoms with van der Waals surface area (Å²) in [7, 11) is 1.64. The number of pyridine rings is 1. The molecule has 0 bridgehead atoms. The number of hydrogen-bond acceptors (Lipinski definition) is 8. The molecule has 1 amide bonds. The molecule has 2 aromatic heterocycles. The molecule has 0 unspecified atom stereocenters. The second-order valence-corrected chi connectivity index (χ2v) is 9.14. The summed E-state index contributed by atoms with van der Waals surface area (Å²) in [5.74, 6) is 2.24. The maximum Gasteiger partial charge on any atom is 0.257 e. The van der Waals surface area contributed by atoms with Crippen LogP contribution in [-0.2, 0) is 0 Å². The van der Waals surface area contributed by atoms with Gasteiger partial charge in [0.05, 0.1) is 12.7 Å². The number of nitrogens with zero attached hydrogens (tertiary/aromatic N) is 3. The minimum absolute atomic E-state index is 0.232. The molecule has 1 saturated carbocycles. The molecule has 9 nitrogen and oxygen atoms in total. The molecule has 4 aromatic rings. The SMILES string of the molecule is COc1ccc(Nc2cc(C)nc(Nc3ccc(NC(=O)c4ccc(OC5CCCC5)nc4)cc3)n2)cc1. The minimum Gasteiger partial charge on any atom is -0.497 e. The summed E-state index contributed by atoms with van der Waals surface area (Å²) in [5, 5.41) is 9.40. The van der Waals surface area contributed by atoms with Gasteiger partial charge in [0.2, 0.25) is 11.8 Å². The second kappa shape index (κ2) is 11.6. The van der Waals surface area contributed by atoms with E-state index in [1.165, 1.54) is 12.8 Å². The van der Waals surface area contributed by atoms with Crippen LogP contribution in [0.3, 0.4) is 0 Å². The topological polar surface area (TPSA) is 110 Å². The molecule has 3 N–H and O–H groups in total. The Morgan fingerprint density at radius 3 is 2.24 bits per heavy atom. The second-order valence-electron chi connectivity index (χ2n) is 9.14. The highest BCUT2D eigenvalue weighted by Gasteiger charge is 2.17. The fraction of sp³-hybridized carbons (Fsp3) is 0.241. The van der Waals surface area contributed by atoms with Crippen LogP contribution in [0.15, 0.2) is 72.9 Å². The molecule has 0 aliphatic heterocycles. The van der Waals surface area contributed by atoms with Crippen LogP contribution in [0.25, 0.3) is 0 Å². The Kier molecular flexibility index (Phi) is 7.63. The van der Waals surface area contributed by atoms with Gasteiger partial charge in [0.15, 0.2) is 0 Å². The summed E-state index contributed by atoms with van der Waals surface area (Å²) < 4.78 is 11.1. The zero-order valence-electron chi connectivity index (χ0n) is 21.4.